The molecule has 0 saturated carbocycles. The lowest BCUT2D eigenvalue weighted by atomic mass is 9.98. The van der Waals surface area contributed by atoms with Gasteiger partial charge in [-0.25, -0.2) is 0 Å². The van der Waals surface area contributed by atoms with Crippen LogP contribution in [0.4, 0.5) is 0 Å². The average molecular weight is 312 g/mol. The molecular formula is C14H12BrClO. The summed E-state index contributed by atoms with van der Waals surface area (Å²) in [5.41, 5.74) is 2.64. The van der Waals surface area contributed by atoms with Crippen LogP contribution in [-0.2, 0) is 0 Å². The van der Waals surface area contributed by atoms with E-state index in [1.165, 1.54) is 0 Å². The summed E-state index contributed by atoms with van der Waals surface area (Å²) in [6.07, 6.45) is -0.693. The summed E-state index contributed by atoms with van der Waals surface area (Å²) in [6.45, 7) is 1.97. The first-order valence-corrected chi connectivity index (χ1v) is 6.45. The molecular weight excluding hydrogens is 300 g/mol. The van der Waals surface area contributed by atoms with Crippen molar-refractivity contribution in [3.05, 3.63) is 68.7 Å². The van der Waals surface area contributed by atoms with E-state index in [4.69, 9.17) is 11.6 Å². The van der Waals surface area contributed by atoms with E-state index in [0.717, 1.165) is 21.2 Å². The van der Waals surface area contributed by atoms with Crippen LogP contribution >= 0.6 is 27.5 Å². The molecule has 0 fully saturated rings. The highest BCUT2D eigenvalue weighted by atomic mass is 79.9. The van der Waals surface area contributed by atoms with E-state index < -0.39 is 6.10 Å². The molecule has 0 aromatic heterocycles. The van der Waals surface area contributed by atoms with Gasteiger partial charge >= 0.3 is 0 Å². The standard InChI is InChI=1S/C14H12BrClO/c1-9-6-7-10(15)8-12(9)14(17)11-4-2-3-5-13(11)16/h2-8,14,17H,1H3. The second kappa shape index (κ2) is 5.21. The molecule has 0 heterocycles. The number of benzene rings is 2. The molecule has 1 atom stereocenters. The Labute approximate surface area is 114 Å². The lowest BCUT2D eigenvalue weighted by molar-refractivity contribution is 0.219. The Morgan fingerprint density at radius 2 is 1.82 bits per heavy atom. The molecule has 0 saturated heterocycles. The van der Waals surface area contributed by atoms with E-state index in [2.05, 4.69) is 15.9 Å². The topological polar surface area (TPSA) is 20.2 Å². The lowest BCUT2D eigenvalue weighted by Gasteiger charge is -2.15. The summed E-state index contributed by atoms with van der Waals surface area (Å²) in [4.78, 5) is 0. The third-order valence-corrected chi connectivity index (χ3v) is 3.57. The van der Waals surface area contributed by atoms with Gasteiger partial charge in [-0.3, -0.25) is 0 Å². The van der Waals surface area contributed by atoms with Crippen molar-refractivity contribution in [3.63, 3.8) is 0 Å². The number of rotatable bonds is 2. The van der Waals surface area contributed by atoms with Gasteiger partial charge in [-0.05, 0) is 36.2 Å². The number of aryl methyl sites for hydroxylation is 1. The highest BCUT2D eigenvalue weighted by Gasteiger charge is 2.15. The van der Waals surface area contributed by atoms with Crippen molar-refractivity contribution in [1.29, 1.82) is 0 Å². The van der Waals surface area contributed by atoms with Crippen LogP contribution in [0.25, 0.3) is 0 Å². The minimum absolute atomic E-state index is 0.583. The molecule has 0 aliphatic carbocycles. The molecule has 2 aromatic rings. The fraction of sp³-hybridized carbons (Fsp3) is 0.143. The molecule has 0 bridgehead atoms. The third-order valence-electron chi connectivity index (χ3n) is 2.74. The van der Waals surface area contributed by atoms with E-state index >= 15 is 0 Å². The van der Waals surface area contributed by atoms with Gasteiger partial charge in [-0.1, -0.05) is 51.8 Å². The largest absolute Gasteiger partial charge is 0.384 e. The molecule has 1 N–H and O–H groups in total. The van der Waals surface area contributed by atoms with E-state index in [9.17, 15) is 5.11 Å². The number of aliphatic hydroxyl groups excluding tert-OH is 1. The van der Waals surface area contributed by atoms with Gasteiger partial charge in [0.15, 0.2) is 0 Å². The van der Waals surface area contributed by atoms with Crippen molar-refractivity contribution in [2.24, 2.45) is 0 Å². The Balaban J connectivity index is 2.47. The number of halogens is 2. The number of hydrogen-bond donors (Lipinski definition) is 1. The van der Waals surface area contributed by atoms with E-state index in [1.54, 1.807) is 6.07 Å². The zero-order valence-electron chi connectivity index (χ0n) is 9.32. The van der Waals surface area contributed by atoms with E-state index in [0.29, 0.717) is 5.02 Å². The predicted octanol–water partition coefficient (Wildman–Crippen LogP) is 4.49. The summed E-state index contributed by atoms with van der Waals surface area (Å²) >= 11 is 9.50. The van der Waals surface area contributed by atoms with Crippen molar-refractivity contribution in [2.75, 3.05) is 0 Å². The zero-order chi connectivity index (χ0) is 12.4. The van der Waals surface area contributed by atoms with Gasteiger partial charge in [-0.2, -0.15) is 0 Å². The van der Waals surface area contributed by atoms with Gasteiger partial charge < -0.3 is 5.11 Å². The fourth-order valence-electron chi connectivity index (χ4n) is 1.77. The molecule has 1 unspecified atom stereocenters. The Kier molecular flexibility index (Phi) is 3.87. The highest BCUT2D eigenvalue weighted by Crippen LogP contribution is 2.31. The Bertz CT molecular complexity index is 539. The number of hydrogen-bond acceptors (Lipinski definition) is 1. The molecule has 0 spiro atoms. The maximum Gasteiger partial charge on any atom is 0.106 e. The molecule has 88 valence electrons. The first-order chi connectivity index (χ1) is 8.09. The fourth-order valence-corrected chi connectivity index (χ4v) is 2.39. The molecule has 3 heteroatoms. The van der Waals surface area contributed by atoms with Crippen LogP contribution in [-0.4, -0.2) is 5.11 Å². The van der Waals surface area contributed by atoms with Gasteiger partial charge in [0, 0.05) is 15.1 Å². The maximum atomic E-state index is 10.4. The summed E-state index contributed by atoms with van der Waals surface area (Å²) in [5, 5.41) is 11.0. The quantitative estimate of drug-likeness (QED) is 0.866. The van der Waals surface area contributed by atoms with Crippen LogP contribution in [0, 0.1) is 6.92 Å². The molecule has 0 radical (unpaired) electrons. The van der Waals surface area contributed by atoms with Gasteiger partial charge in [0.05, 0.1) is 0 Å². The van der Waals surface area contributed by atoms with Gasteiger partial charge in [0.25, 0.3) is 0 Å². The average Bonchev–Trinajstić information content (AvgIpc) is 2.32. The molecule has 0 amide bonds. The molecule has 17 heavy (non-hydrogen) atoms. The van der Waals surface area contributed by atoms with Crippen LogP contribution in [0.15, 0.2) is 46.9 Å². The summed E-state index contributed by atoms with van der Waals surface area (Å²) in [6, 6.07) is 13.2. The molecule has 0 aliphatic rings. The Morgan fingerprint density at radius 1 is 1.12 bits per heavy atom. The minimum Gasteiger partial charge on any atom is -0.384 e. The van der Waals surface area contributed by atoms with Crippen LogP contribution in [0.2, 0.25) is 5.02 Å². The van der Waals surface area contributed by atoms with Crippen LogP contribution in [0.1, 0.15) is 22.8 Å². The third kappa shape index (κ3) is 2.71. The zero-order valence-corrected chi connectivity index (χ0v) is 11.7. The molecule has 1 nitrogen and oxygen atoms in total. The first-order valence-electron chi connectivity index (χ1n) is 5.28. The Hall–Kier alpha value is -0.830. The van der Waals surface area contributed by atoms with Gasteiger partial charge in [-0.15, -0.1) is 0 Å². The first kappa shape index (κ1) is 12.6. The molecule has 2 aromatic carbocycles. The smallest absolute Gasteiger partial charge is 0.106 e. The van der Waals surface area contributed by atoms with Crippen molar-refractivity contribution in [3.8, 4) is 0 Å². The van der Waals surface area contributed by atoms with Crippen molar-refractivity contribution < 1.29 is 5.11 Å². The van der Waals surface area contributed by atoms with Crippen molar-refractivity contribution >= 4 is 27.5 Å². The highest BCUT2D eigenvalue weighted by molar-refractivity contribution is 9.10. The van der Waals surface area contributed by atoms with Crippen molar-refractivity contribution in [2.45, 2.75) is 13.0 Å². The lowest BCUT2D eigenvalue weighted by Crippen LogP contribution is -2.02. The van der Waals surface area contributed by atoms with Crippen LogP contribution < -0.4 is 0 Å². The molecule has 2 rings (SSSR count). The van der Waals surface area contributed by atoms with Crippen LogP contribution in [0.3, 0.4) is 0 Å². The van der Waals surface area contributed by atoms with Crippen LogP contribution in [0.5, 0.6) is 0 Å². The van der Waals surface area contributed by atoms with Gasteiger partial charge in [0.1, 0.15) is 6.10 Å². The second-order valence-corrected chi connectivity index (χ2v) is 5.25. The number of aliphatic hydroxyl groups is 1. The maximum absolute atomic E-state index is 10.4. The van der Waals surface area contributed by atoms with E-state index in [-0.39, 0.29) is 0 Å². The normalized spacial score (nSPS) is 12.5. The summed E-state index contributed by atoms with van der Waals surface area (Å²) in [5.74, 6) is 0. The van der Waals surface area contributed by atoms with E-state index in [1.807, 2.05) is 43.3 Å². The molecule has 0 aliphatic heterocycles. The summed E-state index contributed by atoms with van der Waals surface area (Å²) < 4.78 is 0.948. The van der Waals surface area contributed by atoms with Gasteiger partial charge in [0.2, 0.25) is 0 Å². The van der Waals surface area contributed by atoms with Crippen molar-refractivity contribution in [1.82, 2.24) is 0 Å². The SMILES string of the molecule is Cc1ccc(Br)cc1C(O)c1ccccc1Cl. The predicted molar refractivity (Wildman–Crippen MR) is 74.4 cm³/mol. The Morgan fingerprint density at radius 3 is 2.53 bits per heavy atom. The second-order valence-electron chi connectivity index (χ2n) is 3.92. The minimum atomic E-state index is -0.693. The summed E-state index contributed by atoms with van der Waals surface area (Å²) in [7, 11) is 0. The monoisotopic (exact) mass is 310 g/mol.